The van der Waals surface area contributed by atoms with E-state index in [-0.39, 0.29) is 27.1 Å². The van der Waals surface area contributed by atoms with Gasteiger partial charge in [-0.05, 0) is 112 Å². The number of fused-ring (bicyclic) bond motifs is 3. The molecule has 0 saturated heterocycles. The van der Waals surface area contributed by atoms with Gasteiger partial charge in [-0.3, -0.25) is 4.55 Å². The zero-order valence-corrected chi connectivity index (χ0v) is 30.7. The van der Waals surface area contributed by atoms with E-state index in [1.165, 1.54) is 41.5 Å². The molecule has 2 aromatic carbocycles. The van der Waals surface area contributed by atoms with Crippen molar-refractivity contribution >= 4 is 10.1 Å². The molecule has 4 heteroatoms. The van der Waals surface area contributed by atoms with Gasteiger partial charge < -0.3 is 0 Å². The van der Waals surface area contributed by atoms with Crippen molar-refractivity contribution in [1.82, 2.24) is 0 Å². The molecule has 7 unspecified atom stereocenters. The van der Waals surface area contributed by atoms with E-state index in [2.05, 4.69) is 115 Å². The maximum absolute atomic E-state index is 12.3. The topological polar surface area (TPSA) is 54.4 Å². The number of rotatable bonds is 9. The van der Waals surface area contributed by atoms with E-state index in [9.17, 15) is 13.0 Å². The van der Waals surface area contributed by atoms with Crippen LogP contribution >= 0.6 is 0 Å². The van der Waals surface area contributed by atoms with Crippen molar-refractivity contribution in [2.45, 2.75) is 90.4 Å². The third-order valence-electron chi connectivity index (χ3n) is 12.2. The molecular formula is C44H56O3S. The number of allylic oxidation sites excluding steroid dienone is 9. The fourth-order valence-electron chi connectivity index (χ4n) is 9.97. The molecular weight excluding hydrogens is 609 g/mol. The third-order valence-corrected chi connectivity index (χ3v) is 13.1. The van der Waals surface area contributed by atoms with Crippen LogP contribution < -0.4 is 0 Å². The summed E-state index contributed by atoms with van der Waals surface area (Å²) >= 11 is 0. The molecule has 256 valence electrons. The minimum Gasteiger partial charge on any atom is -0.282 e. The molecule has 4 aliphatic rings. The average Bonchev–Trinajstić information content (AvgIpc) is 3.64. The lowest BCUT2D eigenvalue weighted by Gasteiger charge is -2.50. The Balaban J connectivity index is 1.64. The predicted octanol–water partition coefficient (Wildman–Crippen LogP) is 11.2. The molecule has 4 aliphatic carbocycles. The Morgan fingerprint density at radius 2 is 1.31 bits per heavy atom. The van der Waals surface area contributed by atoms with Crippen LogP contribution in [-0.4, -0.2) is 13.0 Å². The van der Waals surface area contributed by atoms with E-state index in [0.717, 1.165) is 19.3 Å². The molecule has 3 nitrogen and oxygen atoms in total. The highest BCUT2D eigenvalue weighted by Gasteiger charge is 2.61. The van der Waals surface area contributed by atoms with Gasteiger partial charge >= 0.3 is 0 Å². The van der Waals surface area contributed by atoms with E-state index < -0.39 is 10.1 Å². The molecule has 48 heavy (non-hydrogen) atoms. The van der Waals surface area contributed by atoms with Gasteiger partial charge in [-0.15, -0.1) is 6.58 Å². The number of hydrogen-bond donors (Lipinski definition) is 1. The van der Waals surface area contributed by atoms with Gasteiger partial charge in [0.1, 0.15) is 0 Å². The maximum Gasteiger partial charge on any atom is 0.294 e. The largest absolute Gasteiger partial charge is 0.294 e. The molecule has 0 heterocycles. The van der Waals surface area contributed by atoms with Crippen LogP contribution in [0.3, 0.4) is 0 Å². The lowest BCUT2D eigenvalue weighted by Crippen LogP contribution is -2.47. The average molecular weight is 665 g/mol. The highest BCUT2D eigenvalue weighted by molar-refractivity contribution is 7.85. The predicted molar refractivity (Wildman–Crippen MR) is 199 cm³/mol. The summed E-state index contributed by atoms with van der Waals surface area (Å²) in [6, 6.07) is 18.5. The fourth-order valence-corrected chi connectivity index (χ4v) is 10.4. The zero-order chi connectivity index (χ0) is 34.5. The second-order valence-electron chi connectivity index (χ2n) is 17.1. The van der Waals surface area contributed by atoms with E-state index in [1.807, 2.05) is 18.2 Å². The molecule has 6 rings (SSSR count). The van der Waals surface area contributed by atoms with Crippen LogP contribution in [0.15, 0.2) is 120 Å². The highest BCUT2D eigenvalue weighted by Crippen LogP contribution is 2.65. The van der Waals surface area contributed by atoms with Crippen molar-refractivity contribution in [3.05, 3.63) is 126 Å². The number of unbranched alkanes of at least 4 members (excludes halogenated alkanes) is 1. The summed E-state index contributed by atoms with van der Waals surface area (Å²) in [4.78, 5) is -0.0462. The maximum atomic E-state index is 12.3. The van der Waals surface area contributed by atoms with E-state index >= 15 is 0 Å². The molecule has 0 spiro atoms. The first-order chi connectivity index (χ1) is 22.7. The molecule has 0 bridgehead atoms. The minimum atomic E-state index is -4.32. The molecule has 2 fully saturated rings. The third kappa shape index (κ3) is 6.40. The smallest absolute Gasteiger partial charge is 0.282 e. The molecule has 7 atom stereocenters. The van der Waals surface area contributed by atoms with Gasteiger partial charge in [0.2, 0.25) is 0 Å². The van der Waals surface area contributed by atoms with Crippen LogP contribution in [-0.2, 0) is 15.5 Å². The second kappa shape index (κ2) is 13.1. The normalized spacial score (nSPS) is 29.9. The Kier molecular flexibility index (Phi) is 9.50. The highest BCUT2D eigenvalue weighted by atomic mass is 32.2. The summed E-state index contributed by atoms with van der Waals surface area (Å²) in [5, 5.41) is 0. The molecule has 0 amide bonds. The SMILES string of the molecule is C=CCCCC1CCC(C(c2ccccc2)(c2ccc(S(=O)(=O)O)cc2)C2C3C=C(C(C)(C)C)C=CC3C3C=CC(C(C)(C)C)=CC32)C1. The van der Waals surface area contributed by atoms with Crippen LogP contribution in [0.4, 0.5) is 0 Å². The fraction of sp³-hybridized carbons (Fsp3) is 0.500. The Labute approximate surface area is 290 Å². The lowest BCUT2D eigenvalue weighted by atomic mass is 9.52. The van der Waals surface area contributed by atoms with Gasteiger partial charge in [0.05, 0.1) is 4.90 Å². The Bertz CT molecular complexity index is 1660. The molecule has 0 aromatic heterocycles. The molecule has 1 N–H and O–H groups in total. The van der Waals surface area contributed by atoms with Gasteiger partial charge in [0.25, 0.3) is 10.1 Å². The Morgan fingerprint density at radius 3 is 1.81 bits per heavy atom. The van der Waals surface area contributed by atoms with Crippen LogP contribution in [0.2, 0.25) is 0 Å². The standard InChI is InChI=1S/C44H56O3S/c1-8-9-11-14-30-17-18-35(27-30)44(31-15-12-10-13-16-31,32-19-23-36(24-20-32)48(45,46)47)41-39-28-33(42(2,3)4)21-25-37(39)38-26-22-34(29-40(38)41)43(5,6)7/h8,10,12-13,15-16,19-26,28-30,35,37-41H,1,9,11,14,17-18,27H2,2-7H3,(H,45,46,47). The zero-order valence-electron chi connectivity index (χ0n) is 29.9. The molecule has 2 saturated carbocycles. The van der Waals surface area contributed by atoms with Crippen molar-refractivity contribution < 1.29 is 13.0 Å². The van der Waals surface area contributed by atoms with E-state index in [4.69, 9.17) is 0 Å². The second-order valence-corrected chi connectivity index (χ2v) is 18.5. The summed E-state index contributed by atoms with van der Waals surface area (Å²) in [5.41, 5.74) is 4.97. The Morgan fingerprint density at radius 1 is 0.771 bits per heavy atom. The number of hydrogen-bond acceptors (Lipinski definition) is 2. The van der Waals surface area contributed by atoms with Gasteiger partial charge in [-0.25, -0.2) is 0 Å². The van der Waals surface area contributed by atoms with E-state index in [1.54, 1.807) is 12.1 Å². The molecule has 2 aromatic rings. The van der Waals surface area contributed by atoms with Gasteiger partial charge in [0, 0.05) is 5.41 Å². The van der Waals surface area contributed by atoms with Crippen molar-refractivity contribution in [3.8, 4) is 0 Å². The van der Waals surface area contributed by atoms with E-state index in [0.29, 0.717) is 35.5 Å². The van der Waals surface area contributed by atoms with Crippen LogP contribution in [0, 0.1) is 52.3 Å². The van der Waals surface area contributed by atoms with Crippen molar-refractivity contribution in [3.63, 3.8) is 0 Å². The van der Waals surface area contributed by atoms with Gasteiger partial charge in [-0.2, -0.15) is 8.42 Å². The van der Waals surface area contributed by atoms with Gasteiger partial charge in [0.15, 0.2) is 0 Å². The quantitative estimate of drug-likeness (QED) is 0.165. The molecule has 0 radical (unpaired) electrons. The minimum absolute atomic E-state index is 0.0260. The van der Waals surface area contributed by atoms with Crippen LogP contribution in [0.5, 0.6) is 0 Å². The first kappa shape index (κ1) is 34.9. The van der Waals surface area contributed by atoms with Crippen molar-refractivity contribution in [2.75, 3.05) is 0 Å². The first-order valence-corrected chi connectivity index (χ1v) is 19.6. The summed E-state index contributed by atoms with van der Waals surface area (Å²) < 4.78 is 34.6. The monoisotopic (exact) mass is 664 g/mol. The summed E-state index contributed by atoms with van der Waals surface area (Å²) in [5.74, 6) is 2.65. The number of benzene rings is 2. The van der Waals surface area contributed by atoms with Crippen molar-refractivity contribution in [2.24, 2.45) is 52.3 Å². The van der Waals surface area contributed by atoms with Crippen molar-refractivity contribution in [1.29, 1.82) is 0 Å². The summed E-state index contributed by atoms with van der Waals surface area (Å²) in [6.45, 7) is 17.9. The van der Waals surface area contributed by atoms with Crippen LogP contribution in [0.25, 0.3) is 0 Å². The Hall–Kier alpha value is -2.95. The summed E-state index contributed by atoms with van der Waals surface area (Å²) in [7, 11) is -4.32. The van der Waals surface area contributed by atoms with Crippen LogP contribution in [0.1, 0.15) is 91.2 Å². The molecule has 0 aliphatic heterocycles. The van der Waals surface area contributed by atoms with Gasteiger partial charge in [-0.1, -0.05) is 139 Å². The first-order valence-electron chi connectivity index (χ1n) is 18.2. The summed E-state index contributed by atoms with van der Waals surface area (Å²) in [6.07, 6.45) is 24.1. The lowest BCUT2D eigenvalue weighted by molar-refractivity contribution is 0.153.